The second-order valence-corrected chi connectivity index (χ2v) is 5.28. The molecule has 21 heavy (non-hydrogen) atoms. The average molecular weight is 280 g/mol. The molecule has 5 nitrogen and oxygen atoms in total. The smallest absolute Gasteiger partial charge is 0.262 e. The van der Waals surface area contributed by atoms with Crippen LogP contribution in [0.2, 0.25) is 0 Å². The minimum atomic E-state index is -1.88. The molecule has 0 spiro atoms. The first-order valence-electron chi connectivity index (χ1n) is 6.65. The molecule has 2 aromatic rings. The van der Waals surface area contributed by atoms with Crippen molar-refractivity contribution in [2.45, 2.75) is 11.5 Å². The lowest BCUT2D eigenvalue weighted by molar-refractivity contribution is -0.141. The summed E-state index contributed by atoms with van der Waals surface area (Å²) in [5.74, 6) is -1.89. The first-order chi connectivity index (χ1) is 10.1. The fraction of sp³-hybridized carbons (Fsp3) is 0.125. The molecule has 0 radical (unpaired) electrons. The molecule has 0 saturated heterocycles. The van der Waals surface area contributed by atoms with Crippen LogP contribution in [0.3, 0.4) is 0 Å². The van der Waals surface area contributed by atoms with Crippen LogP contribution in [0.5, 0.6) is 0 Å². The maximum absolute atomic E-state index is 12.4. The van der Waals surface area contributed by atoms with Crippen LogP contribution in [0.4, 0.5) is 11.4 Å². The second kappa shape index (κ2) is 3.93. The number of carbonyl (C=O) groups is 2. The van der Waals surface area contributed by atoms with Gasteiger partial charge in [-0.3, -0.25) is 9.59 Å². The van der Waals surface area contributed by atoms with Crippen LogP contribution in [-0.2, 0) is 15.2 Å². The van der Waals surface area contributed by atoms with Gasteiger partial charge in [-0.25, -0.2) is 0 Å². The maximum atomic E-state index is 12.4. The Labute approximate surface area is 120 Å². The Bertz CT molecular complexity index is 787. The molecule has 0 saturated carbocycles. The van der Waals surface area contributed by atoms with Gasteiger partial charge >= 0.3 is 0 Å². The van der Waals surface area contributed by atoms with Gasteiger partial charge in [0.1, 0.15) is 5.92 Å². The molecule has 2 amide bonds. The van der Waals surface area contributed by atoms with Gasteiger partial charge in [0.15, 0.2) is 5.60 Å². The Kier molecular flexibility index (Phi) is 2.26. The van der Waals surface area contributed by atoms with Crippen molar-refractivity contribution < 1.29 is 14.7 Å². The Morgan fingerprint density at radius 3 is 2.38 bits per heavy atom. The van der Waals surface area contributed by atoms with E-state index in [0.717, 1.165) is 0 Å². The first kappa shape index (κ1) is 12.1. The van der Waals surface area contributed by atoms with Crippen molar-refractivity contribution in [1.29, 1.82) is 0 Å². The third-order valence-electron chi connectivity index (χ3n) is 4.14. The average Bonchev–Trinajstić information content (AvgIpc) is 2.94. The predicted octanol–water partition coefficient (Wildman–Crippen LogP) is 1.56. The number of benzene rings is 2. The van der Waals surface area contributed by atoms with Gasteiger partial charge in [0, 0.05) is 16.9 Å². The highest BCUT2D eigenvalue weighted by atomic mass is 16.3. The van der Waals surface area contributed by atoms with Crippen molar-refractivity contribution in [3.8, 4) is 0 Å². The predicted molar refractivity (Wildman–Crippen MR) is 76.8 cm³/mol. The highest BCUT2D eigenvalue weighted by Crippen LogP contribution is 2.49. The van der Waals surface area contributed by atoms with Crippen molar-refractivity contribution in [2.24, 2.45) is 0 Å². The van der Waals surface area contributed by atoms with Gasteiger partial charge in [-0.1, -0.05) is 36.4 Å². The van der Waals surface area contributed by atoms with Crippen LogP contribution < -0.4 is 10.6 Å². The molecule has 0 bridgehead atoms. The zero-order valence-corrected chi connectivity index (χ0v) is 11.0. The molecule has 2 aromatic carbocycles. The van der Waals surface area contributed by atoms with E-state index in [1.807, 2.05) is 0 Å². The number of hydrogen-bond donors (Lipinski definition) is 3. The number of fused-ring (bicyclic) bond motifs is 2. The van der Waals surface area contributed by atoms with Crippen LogP contribution in [-0.4, -0.2) is 16.9 Å². The molecule has 3 N–H and O–H groups in total. The topological polar surface area (TPSA) is 78.4 Å². The minimum absolute atomic E-state index is 0.370. The second-order valence-electron chi connectivity index (χ2n) is 5.28. The van der Waals surface area contributed by atoms with Gasteiger partial charge in [0.05, 0.1) is 0 Å². The van der Waals surface area contributed by atoms with Gasteiger partial charge < -0.3 is 15.7 Å². The zero-order valence-electron chi connectivity index (χ0n) is 11.0. The van der Waals surface area contributed by atoms with Gasteiger partial charge in [0.25, 0.3) is 5.91 Å². The van der Waals surface area contributed by atoms with Gasteiger partial charge in [-0.2, -0.15) is 0 Å². The fourth-order valence-corrected chi connectivity index (χ4v) is 3.17. The number of aliphatic hydroxyl groups is 1. The molecular weight excluding hydrogens is 268 g/mol. The summed E-state index contributed by atoms with van der Waals surface area (Å²) in [6, 6.07) is 14.0. The van der Waals surface area contributed by atoms with Crippen LogP contribution in [0.15, 0.2) is 48.5 Å². The van der Waals surface area contributed by atoms with Crippen LogP contribution in [0.1, 0.15) is 17.0 Å². The fourth-order valence-electron chi connectivity index (χ4n) is 3.17. The quantitative estimate of drug-likeness (QED) is 0.742. The summed E-state index contributed by atoms with van der Waals surface area (Å²) in [6.45, 7) is 0. The molecule has 0 aromatic heterocycles. The molecule has 5 heteroatoms. The van der Waals surface area contributed by atoms with E-state index < -0.39 is 17.4 Å². The Balaban J connectivity index is 1.94. The normalized spacial score (nSPS) is 26.0. The molecule has 0 fully saturated rings. The van der Waals surface area contributed by atoms with Crippen LogP contribution in [0, 0.1) is 0 Å². The summed E-state index contributed by atoms with van der Waals surface area (Å²) in [7, 11) is 0. The maximum Gasteiger partial charge on any atom is 0.262 e. The number of rotatable bonds is 1. The molecule has 2 aliphatic rings. The SMILES string of the molecule is O=C1Nc2ccccc2C1C1(O)C(=O)Nc2ccccc21. The third-order valence-corrected chi connectivity index (χ3v) is 4.14. The molecule has 2 aliphatic heterocycles. The number of carbonyl (C=O) groups excluding carboxylic acids is 2. The first-order valence-corrected chi connectivity index (χ1v) is 6.65. The summed E-state index contributed by atoms with van der Waals surface area (Å²) < 4.78 is 0. The van der Waals surface area contributed by atoms with Crippen molar-refractivity contribution in [3.05, 3.63) is 59.7 Å². The van der Waals surface area contributed by atoms with Gasteiger partial charge in [-0.15, -0.1) is 0 Å². The van der Waals surface area contributed by atoms with Crippen LogP contribution in [0.25, 0.3) is 0 Å². The minimum Gasteiger partial charge on any atom is -0.374 e. The Hall–Kier alpha value is -2.66. The van der Waals surface area contributed by atoms with E-state index in [9.17, 15) is 14.7 Å². The number of anilines is 2. The highest BCUT2D eigenvalue weighted by molar-refractivity contribution is 6.13. The lowest BCUT2D eigenvalue weighted by atomic mass is 9.78. The van der Waals surface area contributed by atoms with E-state index >= 15 is 0 Å². The molecule has 4 rings (SSSR count). The molecular formula is C16H12N2O3. The standard InChI is InChI=1S/C16H12N2O3/c19-14-13(9-5-1-3-7-11(9)17-14)16(21)10-6-2-4-8-12(10)18-15(16)20/h1-8,13,21H,(H,17,19)(H,18,20). The molecule has 2 atom stereocenters. The van der Waals surface area contributed by atoms with Crippen molar-refractivity contribution in [3.63, 3.8) is 0 Å². The lowest BCUT2D eigenvalue weighted by Crippen LogP contribution is -2.43. The van der Waals surface area contributed by atoms with Gasteiger partial charge in [-0.05, 0) is 17.7 Å². The number of nitrogens with one attached hydrogen (secondary N) is 2. The van der Waals surface area contributed by atoms with Crippen molar-refractivity contribution >= 4 is 23.2 Å². The van der Waals surface area contributed by atoms with Crippen molar-refractivity contribution in [2.75, 3.05) is 10.6 Å². The lowest BCUT2D eigenvalue weighted by Gasteiger charge is -2.26. The number of amides is 2. The molecule has 0 aliphatic carbocycles. The summed E-state index contributed by atoms with van der Waals surface area (Å²) in [5, 5.41) is 16.4. The number of para-hydroxylation sites is 2. The van der Waals surface area contributed by atoms with E-state index in [0.29, 0.717) is 22.5 Å². The van der Waals surface area contributed by atoms with E-state index in [4.69, 9.17) is 0 Å². The zero-order chi connectivity index (χ0) is 14.6. The van der Waals surface area contributed by atoms with E-state index in [-0.39, 0.29) is 5.91 Å². The van der Waals surface area contributed by atoms with E-state index in [2.05, 4.69) is 10.6 Å². The monoisotopic (exact) mass is 280 g/mol. The largest absolute Gasteiger partial charge is 0.374 e. The van der Waals surface area contributed by atoms with Gasteiger partial charge in [0.2, 0.25) is 5.91 Å². The number of hydrogen-bond acceptors (Lipinski definition) is 3. The summed E-state index contributed by atoms with van der Waals surface area (Å²) in [6.07, 6.45) is 0. The Morgan fingerprint density at radius 1 is 0.905 bits per heavy atom. The summed E-state index contributed by atoms with van der Waals surface area (Å²) in [5.41, 5.74) is 0.372. The van der Waals surface area contributed by atoms with E-state index in [1.54, 1.807) is 48.5 Å². The molecule has 2 heterocycles. The molecule has 104 valence electrons. The highest BCUT2D eigenvalue weighted by Gasteiger charge is 2.56. The molecule has 2 unspecified atom stereocenters. The van der Waals surface area contributed by atoms with Crippen molar-refractivity contribution in [1.82, 2.24) is 0 Å². The van der Waals surface area contributed by atoms with Crippen LogP contribution >= 0.6 is 0 Å². The van der Waals surface area contributed by atoms with E-state index in [1.165, 1.54) is 0 Å². The third kappa shape index (κ3) is 1.43. The summed E-state index contributed by atoms with van der Waals surface area (Å²) in [4.78, 5) is 24.7. The summed E-state index contributed by atoms with van der Waals surface area (Å²) >= 11 is 0. The Morgan fingerprint density at radius 2 is 1.57 bits per heavy atom.